The molecule has 1 aromatic carbocycles. The second-order valence-electron chi connectivity index (χ2n) is 5.00. The monoisotopic (exact) mass is 242 g/mol. The van der Waals surface area contributed by atoms with E-state index < -0.39 is 0 Å². The van der Waals surface area contributed by atoms with Crippen molar-refractivity contribution in [2.75, 3.05) is 6.61 Å². The largest absolute Gasteiger partial charge is 0.378 e. The lowest BCUT2D eigenvalue weighted by molar-refractivity contribution is 0.0921. The van der Waals surface area contributed by atoms with Gasteiger partial charge in [-0.15, -0.1) is 0 Å². The SMILES string of the molecule is C=C/C(C)=C/[C@H]1CCO[C@H]1CCc1ccccc1. The standard InChI is InChI=1S/C17H22O/c1-3-14(2)13-16-11-12-18-17(16)10-9-15-7-5-4-6-8-15/h3-8,13,16-17H,1,9-12H2,2H3/b14-13+/t16-,17+/m1/s1. The Hall–Kier alpha value is -1.34. The molecule has 0 N–H and O–H groups in total. The summed E-state index contributed by atoms with van der Waals surface area (Å²) in [6.07, 6.45) is 7.96. The first-order chi connectivity index (χ1) is 8.79. The van der Waals surface area contributed by atoms with E-state index in [1.807, 2.05) is 6.08 Å². The molecule has 0 unspecified atom stereocenters. The van der Waals surface area contributed by atoms with Crippen LogP contribution in [0.2, 0.25) is 0 Å². The van der Waals surface area contributed by atoms with Crippen LogP contribution in [0.15, 0.2) is 54.6 Å². The Bertz CT molecular complexity index is 405. The van der Waals surface area contributed by atoms with Gasteiger partial charge < -0.3 is 4.74 Å². The van der Waals surface area contributed by atoms with Crippen LogP contribution in [0.5, 0.6) is 0 Å². The number of rotatable bonds is 5. The van der Waals surface area contributed by atoms with Gasteiger partial charge in [0.15, 0.2) is 0 Å². The van der Waals surface area contributed by atoms with Crippen molar-refractivity contribution >= 4 is 0 Å². The molecule has 96 valence electrons. The average molecular weight is 242 g/mol. The minimum atomic E-state index is 0.375. The zero-order valence-corrected chi connectivity index (χ0v) is 11.1. The zero-order chi connectivity index (χ0) is 12.8. The highest BCUT2D eigenvalue weighted by atomic mass is 16.5. The minimum Gasteiger partial charge on any atom is -0.378 e. The molecule has 1 heterocycles. The summed E-state index contributed by atoms with van der Waals surface area (Å²) in [5.74, 6) is 0.562. The molecule has 0 radical (unpaired) electrons. The number of aryl methyl sites for hydroxylation is 1. The fraction of sp³-hybridized carbons (Fsp3) is 0.412. The third-order valence-corrected chi connectivity index (χ3v) is 3.62. The molecule has 18 heavy (non-hydrogen) atoms. The maximum absolute atomic E-state index is 5.85. The van der Waals surface area contributed by atoms with Crippen LogP contribution in [0, 0.1) is 5.92 Å². The van der Waals surface area contributed by atoms with Gasteiger partial charge in [0, 0.05) is 12.5 Å². The van der Waals surface area contributed by atoms with Crippen LogP contribution in [0.25, 0.3) is 0 Å². The summed E-state index contributed by atoms with van der Waals surface area (Å²) in [4.78, 5) is 0. The lowest BCUT2D eigenvalue weighted by Crippen LogP contribution is -2.15. The summed E-state index contributed by atoms with van der Waals surface area (Å²) in [6.45, 7) is 6.82. The predicted octanol–water partition coefficient (Wildman–Crippen LogP) is 4.16. The van der Waals surface area contributed by atoms with Gasteiger partial charge in [-0.2, -0.15) is 0 Å². The summed E-state index contributed by atoms with van der Waals surface area (Å²) < 4.78 is 5.85. The Morgan fingerprint density at radius 2 is 2.17 bits per heavy atom. The first-order valence-corrected chi connectivity index (χ1v) is 6.76. The summed E-state index contributed by atoms with van der Waals surface area (Å²) in [6, 6.07) is 10.6. The van der Waals surface area contributed by atoms with Crippen LogP contribution < -0.4 is 0 Å². The summed E-state index contributed by atoms with van der Waals surface area (Å²) in [5.41, 5.74) is 2.66. The molecule has 0 bridgehead atoms. The van der Waals surface area contributed by atoms with Gasteiger partial charge in [-0.1, -0.05) is 54.6 Å². The van der Waals surface area contributed by atoms with E-state index in [2.05, 4.69) is 49.9 Å². The second-order valence-corrected chi connectivity index (χ2v) is 5.00. The van der Waals surface area contributed by atoms with Crippen molar-refractivity contribution in [3.05, 3.63) is 60.2 Å². The van der Waals surface area contributed by atoms with Crippen LogP contribution in [0.3, 0.4) is 0 Å². The molecule has 1 nitrogen and oxygen atoms in total. The average Bonchev–Trinajstić information content (AvgIpc) is 2.84. The molecule has 1 saturated heterocycles. The van der Waals surface area contributed by atoms with E-state index in [4.69, 9.17) is 4.74 Å². The Morgan fingerprint density at radius 3 is 2.89 bits per heavy atom. The third kappa shape index (κ3) is 3.58. The lowest BCUT2D eigenvalue weighted by Gasteiger charge is -2.16. The van der Waals surface area contributed by atoms with Crippen LogP contribution in [0.1, 0.15) is 25.3 Å². The molecular formula is C17H22O. The number of ether oxygens (including phenoxy) is 1. The molecule has 0 aromatic heterocycles. The van der Waals surface area contributed by atoms with Crippen molar-refractivity contribution in [2.45, 2.75) is 32.3 Å². The van der Waals surface area contributed by atoms with Gasteiger partial charge in [0.1, 0.15) is 0 Å². The van der Waals surface area contributed by atoms with Crippen molar-refractivity contribution in [1.29, 1.82) is 0 Å². The predicted molar refractivity (Wildman–Crippen MR) is 76.6 cm³/mol. The smallest absolute Gasteiger partial charge is 0.0641 e. The summed E-state index contributed by atoms with van der Waals surface area (Å²) in [7, 11) is 0. The van der Waals surface area contributed by atoms with E-state index in [-0.39, 0.29) is 0 Å². The van der Waals surface area contributed by atoms with Gasteiger partial charge in [-0.3, -0.25) is 0 Å². The third-order valence-electron chi connectivity index (χ3n) is 3.62. The highest BCUT2D eigenvalue weighted by Crippen LogP contribution is 2.27. The topological polar surface area (TPSA) is 9.23 Å². The summed E-state index contributed by atoms with van der Waals surface area (Å²) >= 11 is 0. The summed E-state index contributed by atoms with van der Waals surface area (Å²) in [5, 5.41) is 0. The van der Waals surface area contributed by atoms with Crippen LogP contribution in [-0.2, 0) is 11.2 Å². The molecule has 0 aliphatic carbocycles. The van der Waals surface area contributed by atoms with Gasteiger partial charge in [-0.05, 0) is 31.7 Å². The maximum atomic E-state index is 5.85. The Labute approximate surface area is 110 Å². The molecule has 0 amide bonds. The number of hydrogen-bond donors (Lipinski definition) is 0. The highest BCUT2D eigenvalue weighted by Gasteiger charge is 2.25. The van der Waals surface area contributed by atoms with Gasteiger partial charge in [0.2, 0.25) is 0 Å². The number of hydrogen-bond acceptors (Lipinski definition) is 1. The van der Waals surface area contributed by atoms with Crippen LogP contribution >= 0.6 is 0 Å². The number of allylic oxidation sites excluding steroid dienone is 2. The molecule has 1 heteroatoms. The molecular weight excluding hydrogens is 220 g/mol. The van der Waals surface area contributed by atoms with Crippen molar-refractivity contribution in [1.82, 2.24) is 0 Å². The Kier molecular flexibility index (Phi) is 4.77. The van der Waals surface area contributed by atoms with E-state index in [1.54, 1.807) is 0 Å². The van der Waals surface area contributed by atoms with Crippen molar-refractivity contribution < 1.29 is 4.74 Å². The minimum absolute atomic E-state index is 0.375. The highest BCUT2D eigenvalue weighted by molar-refractivity contribution is 5.17. The molecule has 1 aromatic rings. The van der Waals surface area contributed by atoms with E-state index in [0.717, 1.165) is 25.9 Å². The first-order valence-electron chi connectivity index (χ1n) is 6.76. The zero-order valence-electron chi connectivity index (χ0n) is 11.1. The fourth-order valence-corrected chi connectivity index (χ4v) is 2.51. The van der Waals surface area contributed by atoms with Crippen molar-refractivity contribution in [3.63, 3.8) is 0 Å². The molecule has 0 saturated carbocycles. The van der Waals surface area contributed by atoms with E-state index >= 15 is 0 Å². The molecule has 2 atom stereocenters. The van der Waals surface area contributed by atoms with E-state index in [0.29, 0.717) is 12.0 Å². The molecule has 1 fully saturated rings. The number of benzene rings is 1. The Balaban J connectivity index is 1.90. The van der Waals surface area contributed by atoms with Gasteiger partial charge in [0.05, 0.1) is 6.10 Å². The molecule has 0 spiro atoms. The van der Waals surface area contributed by atoms with Crippen molar-refractivity contribution in [3.8, 4) is 0 Å². The van der Waals surface area contributed by atoms with Crippen molar-refractivity contribution in [2.24, 2.45) is 5.92 Å². The quantitative estimate of drug-likeness (QED) is 0.705. The normalized spacial score (nSPS) is 24.2. The van der Waals surface area contributed by atoms with E-state index in [1.165, 1.54) is 11.1 Å². The second kappa shape index (κ2) is 6.55. The van der Waals surface area contributed by atoms with Gasteiger partial charge >= 0.3 is 0 Å². The molecule has 1 aliphatic heterocycles. The first kappa shape index (κ1) is 13.1. The Morgan fingerprint density at radius 1 is 1.39 bits per heavy atom. The fourth-order valence-electron chi connectivity index (χ4n) is 2.51. The van der Waals surface area contributed by atoms with Gasteiger partial charge in [0.25, 0.3) is 0 Å². The lowest BCUT2D eigenvalue weighted by atomic mass is 9.94. The van der Waals surface area contributed by atoms with Crippen LogP contribution in [-0.4, -0.2) is 12.7 Å². The van der Waals surface area contributed by atoms with Crippen LogP contribution in [0.4, 0.5) is 0 Å². The maximum Gasteiger partial charge on any atom is 0.0641 e. The molecule has 1 aliphatic rings. The van der Waals surface area contributed by atoms with Gasteiger partial charge in [-0.25, -0.2) is 0 Å². The van der Waals surface area contributed by atoms with E-state index in [9.17, 15) is 0 Å². The molecule has 2 rings (SSSR count).